The van der Waals surface area contributed by atoms with E-state index in [2.05, 4.69) is 17.5 Å². The summed E-state index contributed by atoms with van der Waals surface area (Å²) in [5.41, 5.74) is 2.19. The molecule has 3 aromatic carbocycles. The number of likely N-dealkylation sites (N-methyl/N-ethyl adjacent to an activating group) is 1. The summed E-state index contributed by atoms with van der Waals surface area (Å²) < 4.78 is 13.4. The van der Waals surface area contributed by atoms with Gasteiger partial charge in [0.05, 0.1) is 29.0 Å². The van der Waals surface area contributed by atoms with E-state index in [1.165, 1.54) is 16.8 Å². The number of benzene rings is 3. The molecule has 0 spiro atoms. The largest absolute Gasteiger partial charge is 0.486 e. The van der Waals surface area contributed by atoms with Crippen molar-refractivity contribution in [2.45, 2.75) is 65.0 Å². The van der Waals surface area contributed by atoms with Crippen molar-refractivity contribution in [3.8, 4) is 23.6 Å². The highest BCUT2D eigenvalue weighted by Gasteiger charge is 2.40. The summed E-state index contributed by atoms with van der Waals surface area (Å²) in [5, 5.41) is 23.9. The van der Waals surface area contributed by atoms with Crippen LogP contribution >= 0.6 is 0 Å². The molecule has 4 aromatic rings. The molecule has 5 rings (SSSR count). The number of hydrogen-bond donors (Lipinski definition) is 1. The molecule has 0 saturated heterocycles. The van der Waals surface area contributed by atoms with Crippen molar-refractivity contribution >= 4 is 34.5 Å². The Balaban J connectivity index is 1.56. The third kappa shape index (κ3) is 6.34. The van der Waals surface area contributed by atoms with Crippen molar-refractivity contribution in [2.24, 2.45) is 0 Å². The van der Waals surface area contributed by atoms with Gasteiger partial charge in [-0.3, -0.25) is 19.1 Å². The molecule has 1 aliphatic rings. The Kier molecular flexibility index (Phi) is 8.94. The summed E-state index contributed by atoms with van der Waals surface area (Å²) in [4.78, 5) is 43.3. The second-order valence-electron chi connectivity index (χ2n) is 12.4. The quantitative estimate of drug-likeness (QED) is 0.299. The Morgan fingerprint density at radius 2 is 1.64 bits per heavy atom. The molecule has 240 valence electrons. The van der Waals surface area contributed by atoms with Crippen LogP contribution in [0.3, 0.4) is 0 Å². The molecule has 1 aliphatic heterocycles. The fraction of sp³-hybridized carbons (Fsp3) is 0.306. The monoisotopic (exact) mass is 632 g/mol. The first-order valence-electron chi connectivity index (χ1n) is 15.2. The first kappa shape index (κ1) is 32.6. The van der Waals surface area contributed by atoms with Gasteiger partial charge in [-0.25, -0.2) is 4.79 Å². The van der Waals surface area contributed by atoms with E-state index in [1.54, 1.807) is 87.7 Å². The Hall–Kier alpha value is -5.81. The van der Waals surface area contributed by atoms with Crippen LogP contribution < -0.4 is 15.0 Å². The number of rotatable bonds is 6. The summed E-state index contributed by atoms with van der Waals surface area (Å²) >= 11 is 0. The van der Waals surface area contributed by atoms with Crippen LogP contribution in [0.1, 0.15) is 51.4 Å². The van der Waals surface area contributed by atoms with E-state index in [9.17, 15) is 24.9 Å². The standard InChI is InChI=1S/C36H36N6O5/c1-22(40(6)35(45)47-36(3,4)5)33(43)39-32-23(2)46-31-18-12-11-17-29(31)41(34(32)44)21-26-25-14-8-10-16-28(25)42(30(26)20-38)27-15-9-7-13-24(27)19-37/h7-18,22-23,32H,21H2,1-6H3,(H,39,43)/t22-,23-,32-/m0/s1. The molecular formula is C36H36N6O5. The zero-order valence-corrected chi connectivity index (χ0v) is 27.1. The minimum Gasteiger partial charge on any atom is -0.486 e. The molecule has 11 heteroatoms. The normalized spacial score (nSPS) is 16.6. The van der Waals surface area contributed by atoms with Crippen LogP contribution in [-0.4, -0.2) is 58.2 Å². The third-order valence-electron chi connectivity index (χ3n) is 8.08. The van der Waals surface area contributed by atoms with Crippen LogP contribution in [-0.2, 0) is 20.9 Å². The number of amides is 3. The van der Waals surface area contributed by atoms with Gasteiger partial charge in [-0.05, 0) is 65.0 Å². The topological polar surface area (TPSA) is 141 Å². The van der Waals surface area contributed by atoms with Gasteiger partial charge < -0.3 is 19.7 Å². The van der Waals surface area contributed by atoms with Crippen molar-refractivity contribution < 1.29 is 23.9 Å². The van der Waals surface area contributed by atoms with Crippen LogP contribution in [0, 0.1) is 22.7 Å². The number of ether oxygens (including phenoxy) is 2. The molecule has 3 atom stereocenters. The Morgan fingerprint density at radius 1 is 1.00 bits per heavy atom. The van der Waals surface area contributed by atoms with Crippen LogP contribution in [0.4, 0.5) is 10.5 Å². The van der Waals surface area contributed by atoms with Crippen molar-refractivity contribution in [1.29, 1.82) is 10.5 Å². The zero-order chi connectivity index (χ0) is 34.0. The number of para-hydroxylation sites is 4. The van der Waals surface area contributed by atoms with E-state index in [4.69, 9.17) is 9.47 Å². The van der Waals surface area contributed by atoms with Crippen molar-refractivity contribution in [3.05, 3.63) is 89.6 Å². The highest BCUT2D eigenvalue weighted by Crippen LogP contribution is 2.37. The molecule has 0 fully saturated rings. The number of anilines is 1. The number of carbonyl (C=O) groups is 3. The highest BCUT2D eigenvalue weighted by molar-refractivity contribution is 6.03. The van der Waals surface area contributed by atoms with Gasteiger partial charge in [0.2, 0.25) is 5.91 Å². The Bertz CT molecular complexity index is 1950. The van der Waals surface area contributed by atoms with Crippen LogP contribution in [0.25, 0.3) is 16.6 Å². The first-order chi connectivity index (χ1) is 22.4. The van der Waals surface area contributed by atoms with E-state index in [0.29, 0.717) is 33.8 Å². The summed E-state index contributed by atoms with van der Waals surface area (Å²) in [5.74, 6) is -0.595. The number of nitriles is 2. The molecule has 0 bridgehead atoms. The summed E-state index contributed by atoms with van der Waals surface area (Å²) in [6, 6.07) is 23.9. The lowest BCUT2D eigenvalue weighted by Gasteiger charge is -2.30. The van der Waals surface area contributed by atoms with Crippen LogP contribution in [0.5, 0.6) is 5.75 Å². The maximum atomic E-state index is 14.5. The molecule has 0 unspecified atom stereocenters. The van der Waals surface area contributed by atoms with E-state index in [1.807, 2.05) is 24.3 Å². The molecule has 2 heterocycles. The van der Waals surface area contributed by atoms with Gasteiger partial charge in [0.1, 0.15) is 47.4 Å². The van der Waals surface area contributed by atoms with Gasteiger partial charge in [0.25, 0.3) is 5.91 Å². The summed E-state index contributed by atoms with van der Waals surface area (Å²) in [6.45, 7) is 8.41. The smallest absolute Gasteiger partial charge is 0.410 e. The van der Waals surface area contributed by atoms with Gasteiger partial charge >= 0.3 is 6.09 Å². The molecule has 3 amide bonds. The van der Waals surface area contributed by atoms with Gasteiger partial charge in [-0.1, -0.05) is 42.5 Å². The lowest BCUT2D eigenvalue weighted by Crippen LogP contribution is -2.57. The molecule has 47 heavy (non-hydrogen) atoms. The second kappa shape index (κ2) is 12.9. The molecule has 0 radical (unpaired) electrons. The number of fused-ring (bicyclic) bond motifs is 2. The average Bonchev–Trinajstić information content (AvgIpc) is 3.32. The molecule has 11 nitrogen and oxygen atoms in total. The van der Waals surface area contributed by atoms with Crippen molar-refractivity contribution in [3.63, 3.8) is 0 Å². The van der Waals surface area contributed by atoms with E-state index in [-0.39, 0.29) is 12.2 Å². The Labute approximate surface area is 273 Å². The maximum absolute atomic E-state index is 14.5. The minimum atomic E-state index is -1.14. The lowest BCUT2D eigenvalue weighted by molar-refractivity contribution is -0.131. The predicted octanol–water partition coefficient (Wildman–Crippen LogP) is 5.43. The molecule has 1 aromatic heterocycles. The predicted molar refractivity (Wildman–Crippen MR) is 176 cm³/mol. The van der Waals surface area contributed by atoms with Crippen LogP contribution in [0.15, 0.2) is 72.8 Å². The molecule has 0 saturated carbocycles. The highest BCUT2D eigenvalue weighted by atomic mass is 16.6. The minimum absolute atomic E-state index is 0.0310. The SMILES string of the molecule is C[C@@H]1Oc2ccccc2N(Cc2c(C#N)n(-c3ccccc3C#N)c3ccccc23)C(=O)[C@H]1NC(=O)[C@H](C)N(C)C(=O)OC(C)(C)C. The molecule has 0 aliphatic carbocycles. The average molecular weight is 633 g/mol. The van der Waals surface area contributed by atoms with Gasteiger partial charge in [-0.15, -0.1) is 0 Å². The van der Waals surface area contributed by atoms with Crippen molar-refractivity contribution in [1.82, 2.24) is 14.8 Å². The number of carbonyl (C=O) groups excluding carboxylic acids is 3. The summed E-state index contributed by atoms with van der Waals surface area (Å²) in [6.07, 6.45) is -1.46. The number of hydrogen-bond acceptors (Lipinski definition) is 7. The lowest BCUT2D eigenvalue weighted by atomic mass is 10.1. The fourth-order valence-electron chi connectivity index (χ4n) is 5.58. The fourth-order valence-corrected chi connectivity index (χ4v) is 5.58. The Morgan fingerprint density at radius 3 is 2.32 bits per heavy atom. The third-order valence-corrected chi connectivity index (χ3v) is 8.08. The van der Waals surface area contributed by atoms with E-state index < -0.39 is 41.7 Å². The van der Waals surface area contributed by atoms with Gasteiger partial charge in [-0.2, -0.15) is 10.5 Å². The number of nitrogens with zero attached hydrogens (tertiary/aromatic N) is 5. The molecular weight excluding hydrogens is 596 g/mol. The number of aromatic nitrogens is 1. The first-order valence-corrected chi connectivity index (χ1v) is 15.2. The van der Waals surface area contributed by atoms with Gasteiger partial charge in [0, 0.05) is 18.0 Å². The number of nitrogens with one attached hydrogen (secondary N) is 1. The van der Waals surface area contributed by atoms with Gasteiger partial charge in [0.15, 0.2) is 0 Å². The maximum Gasteiger partial charge on any atom is 0.410 e. The van der Waals surface area contributed by atoms with E-state index in [0.717, 1.165) is 5.39 Å². The molecule has 1 N–H and O–H groups in total. The zero-order valence-electron chi connectivity index (χ0n) is 27.1. The summed E-state index contributed by atoms with van der Waals surface area (Å²) in [7, 11) is 1.46. The van der Waals surface area contributed by atoms with Crippen molar-refractivity contribution in [2.75, 3.05) is 11.9 Å². The second-order valence-corrected chi connectivity index (χ2v) is 12.4. The van der Waals surface area contributed by atoms with E-state index >= 15 is 0 Å². The van der Waals surface area contributed by atoms with Crippen LogP contribution in [0.2, 0.25) is 0 Å².